The highest BCUT2D eigenvalue weighted by atomic mass is 16.6. The van der Waals surface area contributed by atoms with E-state index in [1.165, 1.54) is 32.1 Å². The Morgan fingerprint density at radius 2 is 1.89 bits per heavy atom. The molecule has 1 aliphatic rings. The first-order chi connectivity index (χ1) is 8.88. The Balaban J connectivity index is 2.15. The number of aromatic nitrogens is 1. The molecule has 0 saturated heterocycles. The van der Waals surface area contributed by atoms with E-state index in [0.717, 1.165) is 5.69 Å². The molecule has 0 aliphatic heterocycles. The Morgan fingerprint density at radius 3 is 2.47 bits per heavy atom. The minimum Gasteiger partial charge on any atom is -0.456 e. The maximum absolute atomic E-state index is 12.1. The minimum atomic E-state index is -0.434. The summed E-state index contributed by atoms with van der Waals surface area (Å²) in [6, 6.07) is 2.46. The number of hydrogen-bond donors (Lipinski definition) is 0. The molecule has 1 aromatic heterocycles. The quantitative estimate of drug-likeness (QED) is 0.747. The Hall–Kier alpha value is -1.25. The Kier molecular flexibility index (Phi) is 4.02. The average Bonchev–Trinajstić information content (AvgIpc) is 2.70. The van der Waals surface area contributed by atoms with Crippen LogP contribution in [0.1, 0.15) is 75.0 Å². The van der Waals surface area contributed by atoms with Gasteiger partial charge in [0.05, 0.1) is 5.56 Å². The van der Waals surface area contributed by atoms with E-state index in [1.807, 2.05) is 40.0 Å². The molecule has 0 radical (unpaired) electrons. The monoisotopic (exact) mass is 263 g/mol. The second-order valence-corrected chi connectivity index (χ2v) is 6.52. The number of hydrogen-bond acceptors (Lipinski definition) is 2. The fraction of sp³-hybridized carbons (Fsp3) is 0.688. The Morgan fingerprint density at radius 1 is 1.26 bits per heavy atom. The fourth-order valence-electron chi connectivity index (χ4n) is 2.83. The molecule has 1 heterocycles. The average molecular weight is 263 g/mol. The van der Waals surface area contributed by atoms with Crippen molar-refractivity contribution in [2.45, 2.75) is 71.4 Å². The summed E-state index contributed by atoms with van der Waals surface area (Å²) >= 11 is 0. The summed E-state index contributed by atoms with van der Waals surface area (Å²) < 4.78 is 7.72. The number of esters is 1. The van der Waals surface area contributed by atoms with Crippen molar-refractivity contribution in [1.29, 1.82) is 0 Å². The van der Waals surface area contributed by atoms with E-state index in [2.05, 4.69) is 4.57 Å². The van der Waals surface area contributed by atoms with Crippen LogP contribution < -0.4 is 0 Å². The lowest BCUT2D eigenvalue weighted by molar-refractivity contribution is 0.00686. The van der Waals surface area contributed by atoms with Crippen molar-refractivity contribution in [1.82, 2.24) is 4.57 Å². The highest BCUT2D eigenvalue weighted by molar-refractivity contribution is 5.91. The molecule has 0 bridgehead atoms. The zero-order valence-electron chi connectivity index (χ0n) is 12.5. The lowest BCUT2D eigenvalue weighted by Gasteiger charge is -2.25. The summed E-state index contributed by atoms with van der Waals surface area (Å²) in [5, 5.41) is 0. The molecule has 19 heavy (non-hydrogen) atoms. The van der Waals surface area contributed by atoms with Crippen molar-refractivity contribution in [3.8, 4) is 0 Å². The van der Waals surface area contributed by atoms with Gasteiger partial charge in [0.25, 0.3) is 0 Å². The smallest absolute Gasteiger partial charge is 0.340 e. The standard InChI is InChI=1S/C16H25NO2/c1-12-14(15(18)19-16(2,3)4)10-11-17(12)13-8-6-5-7-9-13/h10-11,13H,5-9H2,1-4H3. The van der Waals surface area contributed by atoms with Gasteiger partial charge in [-0.05, 0) is 46.6 Å². The summed E-state index contributed by atoms with van der Waals surface area (Å²) in [7, 11) is 0. The molecular formula is C16H25NO2. The fourth-order valence-corrected chi connectivity index (χ4v) is 2.83. The second-order valence-electron chi connectivity index (χ2n) is 6.52. The van der Waals surface area contributed by atoms with Crippen molar-refractivity contribution in [3.05, 3.63) is 23.5 Å². The van der Waals surface area contributed by atoms with Gasteiger partial charge in [-0.15, -0.1) is 0 Å². The highest BCUT2D eigenvalue weighted by Crippen LogP contribution is 2.30. The largest absolute Gasteiger partial charge is 0.456 e. The summed E-state index contributed by atoms with van der Waals surface area (Å²) in [6.07, 6.45) is 8.43. The van der Waals surface area contributed by atoms with Gasteiger partial charge >= 0.3 is 5.97 Å². The van der Waals surface area contributed by atoms with Gasteiger partial charge in [0.2, 0.25) is 0 Å². The van der Waals surface area contributed by atoms with E-state index >= 15 is 0 Å². The van der Waals surface area contributed by atoms with Gasteiger partial charge in [-0.2, -0.15) is 0 Å². The molecule has 0 N–H and O–H groups in total. The van der Waals surface area contributed by atoms with Crippen LogP contribution in [0, 0.1) is 6.92 Å². The first-order valence-corrected chi connectivity index (χ1v) is 7.29. The van der Waals surface area contributed by atoms with E-state index in [9.17, 15) is 4.79 Å². The first-order valence-electron chi connectivity index (χ1n) is 7.29. The van der Waals surface area contributed by atoms with Crippen LogP contribution in [0.3, 0.4) is 0 Å². The van der Waals surface area contributed by atoms with Crippen LogP contribution in [0.15, 0.2) is 12.3 Å². The van der Waals surface area contributed by atoms with E-state index in [1.54, 1.807) is 0 Å². The number of carbonyl (C=O) groups excluding carboxylic acids is 1. The lowest BCUT2D eigenvalue weighted by Crippen LogP contribution is -2.24. The van der Waals surface area contributed by atoms with Crippen molar-refractivity contribution in [2.24, 2.45) is 0 Å². The second kappa shape index (κ2) is 5.40. The van der Waals surface area contributed by atoms with Gasteiger partial charge in [-0.25, -0.2) is 4.79 Å². The molecule has 0 amide bonds. The molecule has 1 saturated carbocycles. The van der Waals surface area contributed by atoms with Crippen molar-refractivity contribution < 1.29 is 9.53 Å². The summed E-state index contributed by atoms with van der Waals surface area (Å²) in [5.41, 5.74) is 1.32. The van der Waals surface area contributed by atoms with Gasteiger partial charge in [-0.1, -0.05) is 19.3 Å². The molecular weight excluding hydrogens is 238 g/mol. The van der Waals surface area contributed by atoms with Gasteiger partial charge in [-0.3, -0.25) is 0 Å². The van der Waals surface area contributed by atoms with Crippen molar-refractivity contribution >= 4 is 5.97 Å². The Bertz CT molecular complexity index is 448. The molecule has 0 spiro atoms. The number of carbonyl (C=O) groups is 1. The van der Waals surface area contributed by atoms with Crippen LogP contribution in [0.2, 0.25) is 0 Å². The zero-order valence-corrected chi connectivity index (χ0v) is 12.5. The van der Waals surface area contributed by atoms with Crippen LogP contribution in [0.4, 0.5) is 0 Å². The molecule has 0 atom stereocenters. The summed E-state index contributed by atoms with van der Waals surface area (Å²) in [4.78, 5) is 12.1. The summed E-state index contributed by atoms with van der Waals surface area (Å²) in [5.74, 6) is -0.209. The molecule has 0 unspecified atom stereocenters. The normalized spacial score (nSPS) is 17.5. The van der Waals surface area contributed by atoms with Crippen LogP contribution in [-0.2, 0) is 4.74 Å². The Labute approximate surface area is 115 Å². The van der Waals surface area contributed by atoms with E-state index in [0.29, 0.717) is 11.6 Å². The SMILES string of the molecule is Cc1c(C(=O)OC(C)(C)C)ccn1C1CCCCC1. The molecule has 1 aromatic rings. The van der Waals surface area contributed by atoms with E-state index in [4.69, 9.17) is 4.74 Å². The van der Waals surface area contributed by atoms with Gasteiger partial charge in [0.1, 0.15) is 5.60 Å². The predicted octanol–water partition coefficient (Wildman–Crippen LogP) is 4.26. The predicted molar refractivity (Wildman–Crippen MR) is 76.5 cm³/mol. The molecule has 2 rings (SSSR count). The van der Waals surface area contributed by atoms with Gasteiger partial charge in [0, 0.05) is 17.9 Å². The van der Waals surface area contributed by atoms with Gasteiger partial charge < -0.3 is 9.30 Å². The molecule has 1 fully saturated rings. The molecule has 106 valence electrons. The van der Waals surface area contributed by atoms with Crippen molar-refractivity contribution in [3.63, 3.8) is 0 Å². The van der Waals surface area contributed by atoms with E-state index < -0.39 is 5.60 Å². The number of nitrogens with zero attached hydrogens (tertiary/aromatic N) is 1. The van der Waals surface area contributed by atoms with Crippen LogP contribution in [-0.4, -0.2) is 16.1 Å². The van der Waals surface area contributed by atoms with Crippen LogP contribution in [0.5, 0.6) is 0 Å². The third kappa shape index (κ3) is 3.40. The maximum atomic E-state index is 12.1. The van der Waals surface area contributed by atoms with Crippen LogP contribution in [0.25, 0.3) is 0 Å². The highest BCUT2D eigenvalue weighted by Gasteiger charge is 2.23. The third-order valence-corrected chi connectivity index (χ3v) is 3.77. The molecule has 0 aromatic carbocycles. The van der Waals surface area contributed by atoms with E-state index in [-0.39, 0.29) is 5.97 Å². The third-order valence-electron chi connectivity index (χ3n) is 3.77. The minimum absolute atomic E-state index is 0.209. The number of ether oxygens (including phenoxy) is 1. The zero-order chi connectivity index (χ0) is 14.0. The lowest BCUT2D eigenvalue weighted by atomic mass is 9.95. The van der Waals surface area contributed by atoms with Gasteiger partial charge in [0.15, 0.2) is 0 Å². The van der Waals surface area contributed by atoms with Crippen molar-refractivity contribution in [2.75, 3.05) is 0 Å². The van der Waals surface area contributed by atoms with Crippen LogP contribution >= 0.6 is 0 Å². The first kappa shape index (κ1) is 14.2. The molecule has 3 heteroatoms. The maximum Gasteiger partial charge on any atom is 0.340 e. The molecule has 1 aliphatic carbocycles. The topological polar surface area (TPSA) is 31.2 Å². The summed E-state index contributed by atoms with van der Waals surface area (Å²) in [6.45, 7) is 7.73. The number of rotatable bonds is 2. The molecule has 3 nitrogen and oxygen atoms in total.